The topological polar surface area (TPSA) is 63.8 Å². The van der Waals surface area contributed by atoms with Crippen LogP contribution in [0.25, 0.3) is 21.7 Å². The van der Waals surface area contributed by atoms with Gasteiger partial charge in [0.2, 0.25) is 0 Å². The zero-order valence-electron chi connectivity index (χ0n) is 17.8. The van der Waals surface area contributed by atoms with Gasteiger partial charge in [0.05, 0.1) is 6.21 Å². The summed E-state index contributed by atoms with van der Waals surface area (Å²) in [6, 6.07) is 26.6. The lowest BCUT2D eigenvalue weighted by Crippen LogP contribution is -2.16. The predicted octanol–water partition coefficient (Wildman–Crippen LogP) is 7.34. The van der Waals surface area contributed by atoms with Crippen LogP contribution in [0.4, 0.5) is 0 Å². The number of benzene rings is 4. The quantitative estimate of drug-likeness (QED) is 0.183. The van der Waals surface area contributed by atoms with Crippen molar-refractivity contribution in [2.75, 3.05) is 0 Å². The van der Waals surface area contributed by atoms with E-state index in [1.54, 1.807) is 18.3 Å². The van der Waals surface area contributed by atoms with Crippen LogP contribution < -0.4 is 10.2 Å². The average Bonchev–Trinajstić information content (AvgIpc) is 3.27. The van der Waals surface area contributed by atoms with Gasteiger partial charge in [0.25, 0.3) is 0 Å². The zero-order valence-corrected chi connectivity index (χ0v) is 20.1. The van der Waals surface area contributed by atoms with Crippen molar-refractivity contribution in [1.29, 1.82) is 0 Å². The zero-order chi connectivity index (χ0) is 23.5. The summed E-state index contributed by atoms with van der Waals surface area (Å²) < 4.78 is 12.6. The van der Waals surface area contributed by atoms with Gasteiger partial charge in [-0.25, -0.2) is 5.43 Å². The fraction of sp³-hybridized carbons (Fsp3) is 0.0370. The average molecular weight is 534 g/mol. The Morgan fingerprint density at radius 2 is 1.82 bits per heavy atom. The Hall–Kier alpha value is -3.61. The molecule has 5 aromatic rings. The summed E-state index contributed by atoms with van der Waals surface area (Å²) in [7, 11) is 0. The molecule has 1 heterocycles. The maximum Gasteiger partial charge on any atom is 0.307 e. The van der Waals surface area contributed by atoms with E-state index in [9.17, 15) is 4.79 Å². The van der Waals surface area contributed by atoms with E-state index in [0.717, 1.165) is 31.8 Å². The van der Waals surface area contributed by atoms with Crippen LogP contribution in [-0.2, 0) is 6.61 Å². The molecule has 1 N–H and O–H groups in total. The Kier molecular flexibility index (Phi) is 6.34. The van der Waals surface area contributed by atoms with Gasteiger partial charge in [-0.05, 0) is 58.8 Å². The molecule has 168 valence electrons. The molecule has 0 aliphatic carbocycles. The van der Waals surface area contributed by atoms with Crippen LogP contribution in [0.1, 0.15) is 21.7 Å². The van der Waals surface area contributed by atoms with Gasteiger partial charge in [-0.15, -0.1) is 0 Å². The van der Waals surface area contributed by atoms with E-state index in [-0.39, 0.29) is 5.76 Å². The van der Waals surface area contributed by atoms with Crippen LogP contribution >= 0.6 is 27.5 Å². The van der Waals surface area contributed by atoms with Gasteiger partial charge in [-0.1, -0.05) is 70.0 Å². The summed E-state index contributed by atoms with van der Waals surface area (Å²) in [5.74, 6) is 0.398. The van der Waals surface area contributed by atoms with Crippen molar-refractivity contribution in [1.82, 2.24) is 5.43 Å². The summed E-state index contributed by atoms with van der Waals surface area (Å²) in [6.07, 6.45) is 1.59. The number of hydrazone groups is 1. The molecule has 34 heavy (non-hydrogen) atoms. The second-order valence-corrected chi connectivity index (χ2v) is 8.96. The van der Waals surface area contributed by atoms with Crippen molar-refractivity contribution in [3.05, 3.63) is 111 Å². The minimum absolute atomic E-state index is 0.183. The molecule has 0 aliphatic heterocycles. The molecular formula is C27H18BrClN2O3. The maximum atomic E-state index is 12.6. The number of amides is 1. The first-order valence-electron chi connectivity index (χ1n) is 10.5. The van der Waals surface area contributed by atoms with Crippen LogP contribution in [0.3, 0.4) is 0 Å². The Bertz CT molecular complexity index is 1530. The summed E-state index contributed by atoms with van der Waals surface area (Å²) in [5, 5.41) is 7.70. The fourth-order valence-corrected chi connectivity index (χ4v) is 4.12. The lowest BCUT2D eigenvalue weighted by atomic mass is 10.0. The second kappa shape index (κ2) is 9.71. The summed E-state index contributed by atoms with van der Waals surface area (Å²) in [4.78, 5) is 12.6. The molecule has 0 atom stereocenters. The number of nitrogens with zero attached hydrogens (tertiary/aromatic N) is 1. The van der Waals surface area contributed by atoms with E-state index in [0.29, 0.717) is 23.0 Å². The molecule has 4 aromatic carbocycles. The van der Waals surface area contributed by atoms with Crippen LogP contribution in [0.15, 0.2) is 98.9 Å². The molecule has 0 radical (unpaired) electrons. The highest BCUT2D eigenvalue weighted by molar-refractivity contribution is 9.10. The van der Waals surface area contributed by atoms with Crippen LogP contribution in [0.5, 0.6) is 5.75 Å². The normalized spacial score (nSPS) is 11.4. The van der Waals surface area contributed by atoms with Gasteiger partial charge >= 0.3 is 5.91 Å². The molecule has 0 unspecified atom stereocenters. The molecule has 5 nitrogen and oxygen atoms in total. The van der Waals surface area contributed by atoms with Gasteiger partial charge < -0.3 is 9.15 Å². The number of carbonyl (C=O) groups is 1. The minimum atomic E-state index is -0.438. The second-order valence-electron chi connectivity index (χ2n) is 7.61. The smallest absolute Gasteiger partial charge is 0.307 e. The number of fused-ring (bicyclic) bond motifs is 2. The molecule has 0 bridgehead atoms. The van der Waals surface area contributed by atoms with Crippen molar-refractivity contribution in [3.8, 4) is 5.75 Å². The maximum absolute atomic E-state index is 12.6. The van der Waals surface area contributed by atoms with Gasteiger partial charge in [0, 0.05) is 20.4 Å². The number of hydrogen-bond donors (Lipinski definition) is 1. The summed E-state index contributed by atoms with van der Waals surface area (Å²) in [5.41, 5.74) is 4.93. The number of nitrogens with one attached hydrogen (secondary N) is 1. The molecular weight excluding hydrogens is 516 g/mol. The monoisotopic (exact) mass is 532 g/mol. The first-order chi connectivity index (χ1) is 16.6. The third kappa shape index (κ3) is 4.83. The van der Waals surface area contributed by atoms with E-state index < -0.39 is 5.91 Å². The standard InChI is InChI=1S/C27H18BrClN2O3/c28-20-8-12-24-19(13-20)14-26(34-24)27(32)31-30-15-23-22-4-2-1-3-18(22)7-11-25(23)33-16-17-5-9-21(29)10-6-17/h1-15H,16H2,(H,31,32)/b30-15+. The van der Waals surface area contributed by atoms with E-state index in [2.05, 4.69) is 26.5 Å². The molecule has 0 spiro atoms. The number of carbonyl (C=O) groups excluding carboxylic acids is 1. The van der Waals surface area contributed by atoms with Crippen LogP contribution in [0, 0.1) is 0 Å². The van der Waals surface area contributed by atoms with Gasteiger partial charge in [-0.2, -0.15) is 5.10 Å². The summed E-state index contributed by atoms with van der Waals surface area (Å²) >= 11 is 9.39. The number of ether oxygens (including phenoxy) is 1. The van der Waals surface area contributed by atoms with Crippen LogP contribution in [0.2, 0.25) is 5.02 Å². The largest absolute Gasteiger partial charge is 0.488 e. The van der Waals surface area contributed by atoms with Crippen molar-refractivity contribution >= 4 is 61.4 Å². The van der Waals surface area contributed by atoms with E-state index >= 15 is 0 Å². The Balaban J connectivity index is 1.38. The van der Waals surface area contributed by atoms with Gasteiger partial charge in [-0.3, -0.25) is 4.79 Å². The third-order valence-corrected chi connectivity index (χ3v) is 6.05. The van der Waals surface area contributed by atoms with E-state index in [1.807, 2.05) is 72.8 Å². The lowest BCUT2D eigenvalue weighted by Gasteiger charge is -2.12. The van der Waals surface area contributed by atoms with Crippen molar-refractivity contribution in [3.63, 3.8) is 0 Å². The van der Waals surface area contributed by atoms with E-state index in [1.165, 1.54) is 0 Å². The Morgan fingerprint density at radius 1 is 1.00 bits per heavy atom. The number of furan rings is 1. The highest BCUT2D eigenvalue weighted by Gasteiger charge is 2.13. The molecule has 0 fully saturated rings. The number of hydrogen-bond acceptors (Lipinski definition) is 4. The van der Waals surface area contributed by atoms with Crippen molar-refractivity contribution in [2.45, 2.75) is 6.61 Å². The predicted molar refractivity (Wildman–Crippen MR) is 139 cm³/mol. The minimum Gasteiger partial charge on any atom is -0.488 e. The first-order valence-corrected chi connectivity index (χ1v) is 11.7. The highest BCUT2D eigenvalue weighted by atomic mass is 79.9. The SMILES string of the molecule is O=C(N/N=C/c1c(OCc2ccc(Cl)cc2)ccc2ccccc12)c1cc2cc(Br)ccc2o1. The van der Waals surface area contributed by atoms with Crippen LogP contribution in [-0.4, -0.2) is 12.1 Å². The molecule has 7 heteroatoms. The summed E-state index contributed by atoms with van der Waals surface area (Å²) in [6.45, 7) is 0.372. The van der Waals surface area contributed by atoms with E-state index in [4.69, 9.17) is 20.8 Å². The number of halogens is 2. The number of rotatable bonds is 6. The molecule has 1 aromatic heterocycles. The molecule has 0 saturated heterocycles. The third-order valence-electron chi connectivity index (χ3n) is 5.30. The Morgan fingerprint density at radius 3 is 2.68 bits per heavy atom. The molecule has 0 aliphatic rings. The fourth-order valence-electron chi connectivity index (χ4n) is 3.61. The van der Waals surface area contributed by atoms with Crippen molar-refractivity contribution in [2.24, 2.45) is 5.10 Å². The highest BCUT2D eigenvalue weighted by Crippen LogP contribution is 2.28. The first kappa shape index (κ1) is 22.2. The molecule has 0 saturated carbocycles. The Labute approximate surface area is 209 Å². The lowest BCUT2D eigenvalue weighted by molar-refractivity contribution is 0.0929. The van der Waals surface area contributed by atoms with Gasteiger partial charge in [0.1, 0.15) is 17.9 Å². The molecule has 1 amide bonds. The van der Waals surface area contributed by atoms with Gasteiger partial charge in [0.15, 0.2) is 5.76 Å². The molecule has 5 rings (SSSR count). The van der Waals surface area contributed by atoms with Crippen molar-refractivity contribution < 1.29 is 13.9 Å².